The molecule has 0 atom stereocenters. The van der Waals surface area contributed by atoms with E-state index in [4.69, 9.17) is 8.83 Å². The molecule has 0 saturated heterocycles. The molecule has 6 nitrogen and oxygen atoms in total. The molecule has 16 rings (SSSR count). The zero-order chi connectivity index (χ0) is 49.8. The number of aromatic nitrogens is 2. The molecule has 0 N–H and O–H groups in total. The van der Waals surface area contributed by atoms with Crippen molar-refractivity contribution in [3.05, 3.63) is 229 Å². The van der Waals surface area contributed by atoms with Gasteiger partial charge in [-0.3, -0.25) is 0 Å². The summed E-state index contributed by atoms with van der Waals surface area (Å²) >= 11 is 0. The fraction of sp³-hybridized carbons (Fsp3) is 0.0435. The van der Waals surface area contributed by atoms with Gasteiger partial charge in [-0.15, -0.1) is 0 Å². The number of hydrogen-bond donors (Lipinski definition) is 0. The average Bonchev–Trinajstić information content (AvgIpc) is 4.33. The van der Waals surface area contributed by atoms with Gasteiger partial charge >= 0.3 is 0 Å². The summed E-state index contributed by atoms with van der Waals surface area (Å²) < 4.78 is 18.6. The van der Waals surface area contributed by atoms with Crippen LogP contribution in [-0.4, -0.2) is 8.80 Å². The summed E-state index contributed by atoms with van der Waals surface area (Å²) in [7, 11) is 0. The normalized spacial score (nSPS) is 12.5. The smallest absolute Gasteiger partial charge is 0.159 e. The second-order valence-corrected chi connectivity index (χ2v) is 20.0. The zero-order valence-corrected chi connectivity index (χ0v) is 41.5. The Bertz CT molecular complexity index is 5100. The summed E-state index contributed by atoms with van der Waals surface area (Å²) in [5.74, 6) is 0.759. The lowest BCUT2D eigenvalue weighted by Crippen LogP contribution is -2.12. The maximum Gasteiger partial charge on any atom is 0.159 e. The fourth-order valence-corrected chi connectivity index (χ4v) is 13.0. The van der Waals surface area contributed by atoms with Crippen molar-refractivity contribution in [1.82, 2.24) is 8.80 Å². The van der Waals surface area contributed by atoms with E-state index in [1.807, 2.05) is 19.1 Å². The number of fused-ring (bicyclic) bond motifs is 16. The first-order chi connectivity index (χ1) is 37.0. The molecule has 0 spiro atoms. The van der Waals surface area contributed by atoms with Gasteiger partial charge in [0.25, 0.3) is 0 Å². The van der Waals surface area contributed by atoms with Crippen molar-refractivity contribution in [2.75, 3.05) is 9.80 Å². The Morgan fingerprint density at radius 1 is 0.400 bits per heavy atom. The van der Waals surface area contributed by atoms with Gasteiger partial charge in [-0.1, -0.05) is 146 Å². The van der Waals surface area contributed by atoms with Crippen molar-refractivity contribution in [3.63, 3.8) is 0 Å². The third kappa shape index (κ3) is 5.52. The highest BCUT2D eigenvalue weighted by Crippen LogP contribution is 2.52. The molecule has 0 radical (unpaired) electrons. The van der Waals surface area contributed by atoms with Crippen molar-refractivity contribution in [2.45, 2.75) is 20.8 Å². The topological polar surface area (TPSA) is 41.6 Å². The molecule has 75 heavy (non-hydrogen) atoms. The van der Waals surface area contributed by atoms with Gasteiger partial charge in [0.2, 0.25) is 0 Å². The van der Waals surface area contributed by atoms with Gasteiger partial charge in [0, 0.05) is 76.2 Å². The van der Waals surface area contributed by atoms with E-state index in [1.54, 1.807) is 0 Å². The lowest BCUT2D eigenvalue weighted by atomic mass is 10.0. The number of furan rings is 2. The number of aryl methyl sites for hydroxylation is 2. The lowest BCUT2D eigenvalue weighted by Gasteiger charge is -2.28. The first kappa shape index (κ1) is 41.8. The third-order valence-electron chi connectivity index (χ3n) is 16.1. The Morgan fingerprint density at radius 3 is 1.40 bits per heavy atom. The van der Waals surface area contributed by atoms with Crippen LogP contribution in [0, 0.1) is 13.8 Å². The van der Waals surface area contributed by atoms with Crippen LogP contribution in [0.3, 0.4) is 0 Å². The molecule has 6 heteroatoms. The Kier molecular flexibility index (Phi) is 8.57. The monoisotopic (exact) mass is 962 g/mol. The SMILES string of the molecule is C=Cc1oc2c(N(c3ccccc3C)c3cccc4c3c3cccc5c6cc7c(cc6n4c53)c3cccc4c5c(N(c6ccccc6C)c6cccc8c6oc6ccccc68)cccc5n7c34)cccc2c1/C=C\C. The van der Waals surface area contributed by atoms with Crippen molar-refractivity contribution in [1.29, 1.82) is 0 Å². The number of nitrogens with zero attached hydrogens (tertiary/aromatic N) is 4. The summed E-state index contributed by atoms with van der Waals surface area (Å²) in [4.78, 5) is 4.83. The van der Waals surface area contributed by atoms with Crippen molar-refractivity contribution in [2.24, 2.45) is 0 Å². The molecule has 0 saturated carbocycles. The van der Waals surface area contributed by atoms with Crippen molar-refractivity contribution >= 4 is 155 Å². The van der Waals surface area contributed by atoms with Crippen LogP contribution in [0.4, 0.5) is 34.1 Å². The number of anilines is 6. The number of para-hydroxylation sites is 7. The number of benzene rings is 10. The fourth-order valence-electron chi connectivity index (χ4n) is 13.0. The number of allylic oxidation sites excluding steroid dienone is 1. The summed E-state index contributed by atoms with van der Waals surface area (Å²) in [5, 5.41) is 13.0. The summed E-state index contributed by atoms with van der Waals surface area (Å²) in [6.45, 7) is 10.6. The maximum absolute atomic E-state index is 6.78. The van der Waals surface area contributed by atoms with Gasteiger partial charge in [0.1, 0.15) is 11.3 Å². The average molecular weight is 963 g/mol. The molecule has 6 heterocycles. The van der Waals surface area contributed by atoms with Gasteiger partial charge in [-0.25, -0.2) is 0 Å². The highest BCUT2D eigenvalue weighted by molar-refractivity contribution is 6.31. The van der Waals surface area contributed by atoms with E-state index >= 15 is 0 Å². The Labute approximate surface area is 430 Å². The second kappa shape index (κ2) is 15.4. The van der Waals surface area contributed by atoms with E-state index in [1.165, 1.54) is 70.7 Å². The molecule has 0 bridgehead atoms. The first-order valence-corrected chi connectivity index (χ1v) is 25.7. The molecule has 6 aromatic heterocycles. The van der Waals surface area contributed by atoms with Gasteiger partial charge < -0.3 is 27.4 Å². The van der Waals surface area contributed by atoms with Crippen LogP contribution in [0.2, 0.25) is 0 Å². The molecular weight excluding hydrogens is 917 g/mol. The Balaban J connectivity index is 0.956. The van der Waals surface area contributed by atoms with Crippen molar-refractivity contribution < 1.29 is 8.83 Å². The summed E-state index contributed by atoms with van der Waals surface area (Å²) in [6, 6.07) is 70.9. The van der Waals surface area contributed by atoms with E-state index in [9.17, 15) is 0 Å². The van der Waals surface area contributed by atoms with Crippen LogP contribution >= 0.6 is 0 Å². The molecule has 16 aromatic rings. The number of rotatable bonds is 8. The zero-order valence-electron chi connectivity index (χ0n) is 41.5. The van der Waals surface area contributed by atoms with E-state index < -0.39 is 0 Å². The number of hydrogen-bond acceptors (Lipinski definition) is 4. The van der Waals surface area contributed by atoms with Crippen LogP contribution in [0.1, 0.15) is 29.4 Å². The highest BCUT2D eigenvalue weighted by atomic mass is 16.3. The van der Waals surface area contributed by atoms with Crippen LogP contribution in [0.5, 0.6) is 0 Å². The van der Waals surface area contributed by atoms with Crippen LogP contribution < -0.4 is 9.80 Å². The molecule has 0 aliphatic carbocycles. The quantitative estimate of drug-likeness (QED) is 0.152. The third-order valence-corrected chi connectivity index (χ3v) is 16.1. The van der Waals surface area contributed by atoms with Crippen LogP contribution in [-0.2, 0) is 0 Å². The minimum absolute atomic E-state index is 0.759. The van der Waals surface area contributed by atoms with Crippen LogP contribution in [0.15, 0.2) is 216 Å². The van der Waals surface area contributed by atoms with Gasteiger partial charge in [0.15, 0.2) is 11.2 Å². The highest BCUT2D eigenvalue weighted by Gasteiger charge is 2.29. The van der Waals surface area contributed by atoms with Gasteiger partial charge in [0.05, 0.1) is 55.8 Å². The summed E-state index contributed by atoms with van der Waals surface area (Å²) in [6.07, 6.45) is 5.99. The lowest BCUT2D eigenvalue weighted by molar-refractivity contribution is 0.604. The van der Waals surface area contributed by atoms with Gasteiger partial charge in [-0.2, -0.15) is 0 Å². The van der Waals surface area contributed by atoms with Gasteiger partial charge in [-0.05, 0) is 105 Å². The first-order valence-electron chi connectivity index (χ1n) is 25.7. The molecule has 0 unspecified atom stereocenters. The predicted octanol–water partition coefficient (Wildman–Crippen LogP) is 19.9. The molecule has 0 fully saturated rings. The standard InChI is InChI=1S/C69H46N4O2/c1-5-19-42-46-25-15-35-58(68(46)74-62(42)6-2)70(52-29-10-7-20-40(52)3)54-31-17-33-56-64(54)48-27-13-23-44-50-39-61-51(38-60(50)72(56)66(44)48)45-24-14-28-49-65-55(32-18-34-57(65)73(61)67(45)49)71(53-30-11-8-21-41(53)4)59-36-16-26-47-43-22-9-12-37-63(43)75-69(47)59/h5-39H,2H2,1,3-4H3/b19-5-. The Hall–Kier alpha value is -9.78. The van der Waals surface area contributed by atoms with Crippen LogP contribution in [0.25, 0.3) is 121 Å². The molecular formula is C69H46N4O2. The van der Waals surface area contributed by atoms with E-state index in [0.717, 1.165) is 95.0 Å². The Morgan fingerprint density at radius 2 is 0.840 bits per heavy atom. The molecule has 0 amide bonds. The van der Waals surface area contributed by atoms with E-state index in [0.29, 0.717) is 0 Å². The predicted molar refractivity (Wildman–Crippen MR) is 316 cm³/mol. The molecule has 0 aliphatic rings. The van der Waals surface area contributed by atoms with Crippen molar-refractivity contribution in [3.8, 4) is 0 Å². The largest absolute Gasteiger partial charge is 0.454 e. The molecule has 0 aliphatic heterocycles. The van der Waals surface area contributed by atoms with E-state index in [-0.39, 0.29) is 0 Å². The molecule has 354 valence electrons. The minimum Gasteiger partial charge on any atom is -0.454 e. The second-order valence-electron chi connectivity index (χ2n) is 20.0. The summed E-state index contributed by atoms with van der Waals surface area (Å²) in [5.41, 5.74) is 19.4. The molecule has 10 aromatic carbocycles. The maximum atomic E-state index is 6.78. The van der Waals surface area contributed by atoms with E-state index in [2.05, 4.69) is 239 Å². The minimum atomic E-state index is 0.759.